The Balaban J connectivity index is 1.10. The molecule has 0 radical (unpaired) electrons. The third-order valence-electron chi connectivity index (χ3n) is 11.1. The van der Waals surface area contributed by atoms with Gasteiger partial charge in [0.05, 0.1) is 5.92 Å². The SMILES string of the molecule is C1=CC2Oc3cccc(-c4ccc5ccccc5c4)c3C2C(c2nc(-c3ccc4c(c3)C=CCC4)nc(-c3ccc4ccc5ccccc5c4c3)n2)=C1. The number of allylic oxidation sites excluding steroid dienone is 3. The fourth-order valence-electron chi connectivity index (χ4n) is 8.49. The topological polar surface area (TPSA) is 47.9 Å². The summed E-state index contributed by atoms with van der Waals surface area (Å²) in [6, 6.07) is 47.7. The first kappa shape index (κ1) is 30.0. The number of rotatable bonds is 4. The maximum absolute atomic E-state index is 6.69. The van der Waals surface area contributed by atoms with Crippen LogP contribution in [0.15, 0.2) is 158 Å². The first-order valence-corrected chi connectivity index (χ1v) is 18.4. The van der Waals surface area contributed by atoms with Crippen molar-refractivity contribution in [2.24, 2.45) is 0 Å². The van der Waals surface area contributed by atoms with Crippen molar-refractivity contribution in [3.05, 3.63) is 180 Å². The molecule has 0 spiro atoms. The molecule has 7 aromatic carbocycles. The number of nitrogens with zero attached hydrogens (tertiary/aromatic N) is 3. The molecule has 0 N–H and O–H groups in total. The highest BCUT2D eigenvalue weighted by Crippen LogP contribution is 2.51. The highest BCUT2D eigenvalue weighted by Gasteiger charge is 2.40. The van der Waals surface area contributed by atoms with Gasteiger partial charge < -0.3 is 4.74 Å². The van der Waals surface area contributed by atoms with E-state index in [4.69, 9.17) is 19.7 Å². The molecular weight excluding hydrogens is 647 g/mol. The molecule has 250 valence electrons. The molecule has 2 aliphatic carbocycles. The smallest absolute Gasteiger partial charge is 0.164 e. The van der Waals surface area contributed by atoms with Crippen LogP contribution < -0.4 is 4.74 Å². The molecule has 1 aliphatic heterocycles. The number of benzene rings is 7. The Morgan fingerprint density at radius 3 is 2.19 bits per heavy atom. The lowest BCUT2D eigenvalue weighted by molar-refractivity contribution is 0.271. The Morgan fingerprint density at radius 2 is 1.28 bits per heavy atom. The van der Waals surface area contributed by atoms with Crippen molar-refractivity contribution in [2.45, 2.75) is 24.9 Å². The maximum Gasteiger partial charge on any atom is 0.164 e. The Kier molecular flexibility index (Phi) is 6.78. The van der Waals surface area contributed by atoms with E-state index in [1.807, 2.05) is 0 Å². The minimum absolute atomic E-state index is 0.0900. The van der Waals surface area contributed by atoms with Gasteiger partial charge in [0.1, 0.15) is 11.9 Å². The number of fused-ring (bicyclic) bond motifs is 8. The summed E-state index contributed by atoms with van der Waals surface area (Å²) in [5.41, 5.74) is 9.06. The van der Waals surface area contributed by atoms with E-state index in [-0.39, 0.29) is 12.0 Å². The predicted octanol–water partition coefficient (Wildman–Crippen LogP) is 11.8. The number of hydrogen-bond donors (Lipinski definition) is 0. The van der Waals surface area contributed by atoms with Crippen LogP contribution in [-0.2, 0) is 6.42 Å². The summed E-state index contributed by atoms with van der Waals surface area (Å²) in [5.74, 6) is 2.80. The quantitative estimate of drug-likeness (QED) is 0.174. The molecule has 2 heterocycles. The van der Waals surface area contributed by atoms with Gasteiger partial charge >= 0.3 is 0 Å². The van der Waals surface area contributed by atoms with Gasteiger partial charge in [0.2, 0.25) is 0 Å². The molecule has 53 heavy (non-hydrogen) atoms. The van der Waals surface area contributed by atoms with E-state index in [0.29, 0.717) is 17.5 Å². The Labute approximate surface area is 307 Å². The third kappa shape index (κ3) is 5.02. The summed E-state index contributed by atoms with van der Waals surface area (Å²) in [5, 5.41) is 7.24. The fraction of sp³-hybridized carbons (Fsp3) is 0.0816. The van der Waals surface area contributed by atoms with Crippen LogP contribution >= 0.6 is 0 Å². The molecule has 1 aromatic heterocycles. The standard InChI is InChI=1S/C49H33N3O/c1-3-12-34-27-36(24-19-30(34)9-1)40-15-7-17-43-45(40)46-41(16-8-18-44(46)53-43)49-51-47(37-25-20-31-10-2-4-13-35(31)28-37)50-48(52-49)38-26-23-33-22-21-32-11-5-6-14-39(32)42(33)29-38/h1,3-9,11-29,44,46H,2,10H2. The monoisotopic (exact) mass is 679 g/mol. The molecule has 0 bridgehead atoms. The number of ether oxygens (including phenoxy) is 1. The van der Waals surface area contributed by atoms with Crippen LogP contribution in [0.5, 0.6) is 5.75 Å². The van der Waals surface area contributed by atoms with Gasteiger partial charge in [0, 0.05) is 22.3 Å². The molecule has 2 atom stereocenters. The molecule has 11 rings (SSSR count). The lowest BCUT2D eigenvalue weighted by atomic mass is 9.80. The van der Waals surface area contributed by atoms with E-state index < -0.39 is 0 Å². The average Bonchev–Trinajstić information content (AvgIpc) is 3.62. The summed E-state index contributed by atoms with van der Waals surface area (Å²) in [6.07, 6.45) is 12.8. The Bertz CT molecular complexity index is 2900. The van der Waals surface area contributed by atoms with Crippen LogP contribution in [0.1, 0.15) is 34.9 Å². The molecule has 4 heteroatoms. The zero-order valence-corrected chi connectivity index (χ0v) is 28.9. The first-order valence-electron chi connectivity index (χ1n) is 18.4. The van der Waals surface area contributed by atoms with Crippen LogP contribution in [0.3, 0.4) is 0 Å². The van der Waals surface area contributed by atoms with Crippen LogP contribution in [0.4, 0.5) is 0 Å². The molecule has 0 saturated heterocycles. The summed E-state index contributed by atoms with van der Waals surface area (Å²) >= 11 is 0. The van der Waals surface area contributed by atoms with Crippen LogP contribution in [-0.4, -0.2) is 21.1 Å². The van der Waals surface area contributed by atoms with Crippen LogP contribution in [0.25, 0.3) is 77.9 Å². The number of hydrogen-bond acceptors (Lipinski definition) is 4. The van der Waals surface area contributed by atoms with Gasteiger partial charge in [-0.3, -0.25) is 0 Å². The second kappa shape index (κ2) is 12.0. The van der Waals surface area contributed by atoms with Gasteiger partial charge in [-0.15, -0.1) is 0 Å². The van der Waals surface area contributed by atoms with E-state index in [9.17, 15) is 0 Å². The van der Waals surface area contributed by atoms with Gasteiger partial charge in [-0.05, 0) is 97.8 Å². The summed E-state index contributed by atoms with van der Waals surface area (Å²) in [6.45, 7) is 0. The minimum atomic E-state index is -0.170. The van der Waals surface area contributed by atoms with Crippen LogP contribution in [0.2, 0.25) is 0 Å². The molecular formula is C49H33N3O. The normalized spacial score (nSPS) is 17.0. The van der Waals surface area contributed by atoms with Crippen molar-refractivity contribution in [3.8, 4) is 39.7 Å². The fourth-order valence-corrected chi connectivity index (χ4v) is 8.49. The predicted molar refractivity (Wildman–Crippen MR) is 217 cm³/mol. The van der Waals surface area contributed by atoms with Crippen LogP contribution in [0, 0.1) is 0 Å². The average molecular weight is 680 g/mol. The highest BCUT2D eigenvalue weighted by atomic mass is 16.5. The molecule has 0 fully saturated rings. The lowest BCUT2D eigenvalue weighted by Crippen LogP contribution is -2.21. The molecule has 0 saturated carbocycles. The first-order chi connectivity index (χ1) is 26.2. The van der Waals surface area contributed by atoms with Gasteiger partial charge in [-0.1, -0.05) is 133 Å². The van der Waals surface area contributed by atoms with Crippen molar-refractivity contribution in [3.63, 3.8) is 0 Å². The Hall–Kier alpha value is -6.65. The van der Waals surface area contributed by atoms with E-state index >= 15 is 0 Å². The van der Waals surface area contributed by atoms with Crippen molar-refractivity contribution in [2.75, 3.05) is 0 Å². The zero-order chi connectivity index (χ0) is 34.9. The maximum atomic E-state index is 6.69. The molecule has 3 aliphatic rings. The van der Waals surface area contributed by atoms with E-state index in [0.717, 1.165) is 35.3 Å². The lowest BCUT2D eigenvalue weighted by Gasteiger charge is -2.23. The second-order valence-corrected chi connectivity index (χ2v) is 14.2. The van der Waals surface area contributed by atoms with Gasteiger partial charge in [-0.2, -0.15) is 0 Å². The van der Waals surface area contributed by atoms with E-state index in [2.05, 4.69) is 164 Å². The third-order valence-corrected chi connectivity index (χ3v) is 11.1. The second-order valence-electron chi connectivity index (χ2n) is 14.2. The van der Waals surface area contributed by atoms with Crippen molar-refractivity contribution in [1.29, 1.82) is 0 Å². The number of aryl methyl sites for hydroxylation is 1. The summed E-state index contributed by atoms with van der Waals surface area (Å²) in [4.78, 5) is 15.8. The molecule has 0 amide bonds. The minimum Gasteiger partial charge on any atom is -0.485 e. The van der Waals surface area contributed by atoms with Gasteiger partial charge in [-0.25, -0.2) is 15.0 Å². The van der Waals surface area contributed by atoms with Crippen molar-refractivity contribution in [1.82, 2.24) is 15.0 Å². The van der Waals surface area contributed by atoms with Crippen molar-refractivity contribution < 1.29 is 4.74 Å². The highest BCUT2D eigenvalue weighted by molar-refractivity contribution is 6.08. The summed E-state index contributed by atoms with van der Waals surface area (Å²) < 4.78 is 6.69. The van der Waals surface area contributed by atoms with Crippen molar-refractivity contribution >= 4 is 44.0 Å². The zero-order valence-electron chi connectivity index (χ0n) is 28.9. The van der Waals surface area contributed by atoms with E-state index in [1.165, 1.54) is 60.1 Å². The molecule has 2 unspecified atom stereocenters. The summed E-state index contributed by atoms with van der Waals surface area (Å²) in [7, 11) is 0. The largest absolute Gasteiger partial charge is 0.485 e. The molecule has 8 aromatic rings. The van der Waals surface area contributed by atoms with Gasteiger partial charge in [0.25, 0.3) is 0 Å². The Morgan fingerprint density at radius 1 is 0.566 bits per heavy atom. The van der Waals surface area contributed by atoms with Gasteiger partial charge in [0.15, 0.2) is 17.5 Å². The van der Waals surface area contributed by atoms with E-state index in [1.54, 1.807) is 0 Å². The molecule has 4 nitrogen and oxygen atoms in total. The number of aromatic nitrogens is 3.